The first-order chi connectivity index (χ1) is 10.1. The zero-order valence-electron chi connectivity index (χ0n) is 11.8. The molecule has 2 aromatic heterocycles. The number of hydrogen-bond donors (Lipinski definition) is 1. The molecule has 0 fully saturated rings. The van der Waals surface area contributed by atoms with Crippen LogP contribution in [0.25, 0.3) is 11.0 Å². The second-order valence-electron chi connectivity index (χ2n) is 4.61. The molecule has 0 saturated carbocycles. The minimum Gasteiger partial charge on any atom is -0.494 e. The molecule has 0 aliphatic carbocycles. The van der Waals surface area contributed by atoms with E-state index < -0.39 is 5.82 Å². The van der Waals surface area contributed by atoms with Crippen LogP contribution >= 0.6 is 0 Å². The van der Waals surface area contributed by atoms with Crippen molar-refractivity contribution >= 4 is 17.0 Å². The molecule has 2 heterocycles. The lowest BCUT2D eigenvalue weighted by Gasteiger charge is -2.05. The van der Waals surface area contributed by atoms with Crippen molar-refractivity contribution in [1.82, 2.24) is 14.5 Å². The molecule has 0 bridgehead atoms. The molecule has 0 amide bonds. The minimum absolute atomic E-state index is 0.144. The molecular weight excluding hydrogens is 275 g/mol. The third kappa shape index (κ3) is 2.31. The molecule has 0 saturated heterocycles. The third-order valence-corrected chi connectivity index (χ3v) is 3.29. The Morgan fingerprint density at radius 1 is 1.43 bits per heavy atom. The van der Waals surface area contributed by atoms with Gasteiger partial charge in [0.1, 0.15) is 12.3 Å². The lowest BCUT2D eigenvalue weighted by Crippen LogP contribution is -2.05. The van der Waals surface area contributed by atoms with E-state index in [1.807, 2.05) is 6.92 Å². The Kier molecular flexibility index (Phi) is 3.25. The molecule has 0 radical (unpaired) electrons. The summed E-state index contributed by atoms with van der Waals surface area (Å²) in [4.78, 5) is 8.34. The largest absolute Gasteiger partial charge is 0.494 e. The fourth-order valence-corrected chi connectivity index (χ4v) is 2.19. The van der Waals surface area contributed by atoms with Crippen LogP contribution in [0.15, 0.2) is 22.7 Å². The fraction of sp³-hybridized carbons (Fsp3) is 0.286. The van der Waals surface area contributed by atoms with Crippen molar-refractivity contribution in [2.24, 2.45) is 0 Å². The van der Waals surface area contributed by atoms with Gasteiger partial charge < -0.3 is 19.5 Å². The van der Waals surface area contributed by atoms with Crippen molar-refractivity contribution < 1.29 is 13.5 Å². The normalized spacial score (nSPS) is 11.2. The molecule has 0 aliphatic heterocycles. The van der Waals surface area contributed by atoms with Gasteiger partial charge in [-0.05, 0) is 0 Å². The van der Waals surface area contributed by atoms with E-state index in [1.165, 1.54) is 13.2 Å². The van der Waals surface area contributed by atoms with Crippen LogP contribution in [0.4, 0.5) is 10.3 Å². The van der Waals surface area contributed by atoms with Crippen molar-refractivity contribution in [3.05, 3.63) is 35.8 Å². The number of aryl methyl sites for hydroxylation is 1. The number of aromatic nitrogens is 3. The van der Waals surface area contributed by atoms with Crippen molar-refractivity contribution in [2.75, 3.05) is 12.8 Å². The zero-order valence-corrected chi connectivity index (χ0v) is 11.8. The van der Waals surface area contributed by atoms with Crippen LogP contribution in [0.1, 0.15) is 18.6 Å². The maximum atomic E-state index is 13.7. The first-order valence-electron chi connectivity index (χ1n) is 6.55. The highest BCUT2D eigenvalue weighted by Crippen LogP contribution is 2.26. The van der Waals surface area contributed by atoms with Gasteiger partial charge >= 0.3 is 0 Å². The lowest BCUT2D eigenvalue weighted by molar-refractivity contribution is 0.387. The summed E-state index contributed by atoms with van der Waals surface area (Å²) in [5, 5.41) is 0. The summed E-state index contributed by atoms with van der Waals surface area (Å²) in [5.74, 6) is 1.27. The molecule has 0 atom stereocenters. The molecule has 7 heteroatoms. The Hall–Kier alpha value is -2.57. The van der Waals surface area contributed by atoms with Crippen molar-refractivity contribution in [3.63, 3.8) is 0 Å². The second-order valence-corrected chi connectivity index (χ2v) is 4.61. The summed E-state index contributed by atoms with van der Waals surface area (Å²) in [6.07, 6.45) is 2.46. The lowest BCUT2D eigenvalue weighted by atomic mass is 10.3. The predicted molar refractivity (Wildman–Crippen MR) is 75.6 cm³/mol. The van der Waals surface area contributed by atoms with Gasteiger partial charge in [0.05, 0.1) is 24.3 Å². The number of rotatable bonds is 4. The molecule has 0 spiro atoms. The Bertz CT molecular complexity index is 794. The molecule has 0 unspecified atom stereocenters. The number of halogens is 1. The Morgan fingerprint density at radius 2 is 2.24 bits per heavy atom. The van der Waals surface area contributed by atoms with E-state index in [2.05, 4.69) is 9.97 Å². The van der Waals surface area contributed by atoms with Gasteiger partial charge in [0.25, 0.3) is 0 Å². The molecule has 110 valence electrons. The van der Waals surface area contributed by atoms with E-state index in [0.29, 0.717) is 23.5 Å². The summed E-state index contributed by atoms with van der Waals surface area (Å²) in [6, 6.07) is 2.87. The molecular formula is C14H15FN4O2. The number of imidazole rings is 1. The summed E-state index contributed by atoms with van der Waals surface area (Å²) in [6.45, 7) is 2.32. The van der Waals surface area contributed by atoms with Gasteiger partial charge in [0, 0.05) is 18.6 Å². The van der Waals surface area contributed by atoms with Crippen LogP contribution in [0.3, 0.4) is 0 Å². The van der Waals surface area contributed by atoms with Crippen LogP contribution in [0.5, 0.6) is 5.75 Å². The van der Waals surface area contributed by atoms with Gasteiger partial charge in [-0.25, -0.2) is 14.4 Å². The molecule has 3 rings (SSSR count). The number of nitrogen functional groups attached to an aromatic ring is 1. The number of nitrogens with zero attached hydrogens (tertiary/aromatic N) is 3. The molecule has 1 aromatic carbocycles. The van der Waals surface area contributed by atoms with E-state index in [-0.39, 0.29) is 11.7 Å². The SMILES string of the molecule is CCc1cnc(Cn2c(N)nc3cc(F)c(OC)cc32)o1. The molecule has 3 aromatic rings. The van der Waals surface area contributed by atoms with Crippen molar-refractivity contribution in [3.8, 4) is 5.75 Å². The highest BCUT2D eigenvalue weighted by atomic mass is 19.1. The topological polar surface area (TPSA) is 79.1 Å². The molecule has 2 N–H and O–H groups in total. The van der Waals surface area contributed by atoms with Gasteiger partial charge in [-0.15, -0.1) is 0 Å². The molecule has 6 nitrogen and oxygen atoms in total. The maximum absolute atomic E-state index is 13.7. The first kappa shape index (κ1) is 13.4. The standard InChI is InChI=1S/C14H15FN4O2/c1-3-8-6-17-13(21-8)7-19-11-5-12(20-2)9(15)4-10(11)18-14(19)16/h4-6H,3,7H2,1-2H3,(H2,16,18). The Labute approximate surface area is 120 Å². The number of methoxy groups -OCH3 is 1. The third-order valence-electron chi connectivity index (χ3n) is 3.29. The maximum Gasteiger partial charge on any atom is 0.214 e. The van der Waals surface area contributed by atoms with Gasteiger partial charge in [-0.3, -0.25) is 0 Å². The van der Waals surface area contributed by atoms with Gasteiger partial charge in [-0.1, -0.05) is 6.92 Å². The monoisotopic (exact) mass is 290 g/mol. The van der Waals surface area contributed by atoms with Crippen LogP contribution in [0.2, 0.25) is 0 Å². The summed E-state index contributed by atoms with van der Waals surface area (Å²) in [5.41, 5.74) is 7.04. The van der Waals surface area contributed by atoms with E-state index in [4.69, 9.17) is 14.9 Å². The van der Waals surface area contributed by atoms with Gasteiger partial charge in [0.2, 0.25) is 11.8 Å². The summed E-state index contributed by atoms with van der Waals surface area (Å²) in [7, 11) is 1.41. The van der Waals surface area contributed by atoms with Crippen molar-refractivity contribution in [1.29, 1.82) is 0 Å². The van der Waals surface area contributed by atoms with Gasteiger partial charge in [-0.2, -0.15) is 0 Å². The average molecular weight is 290 g/mol. The average Bonchev–Trinajstić information content (AvgIpc) is 3.04. The number of hydrogen-bond acceptors (Lipinski definition) is 5. The van der Waals surface area contributed by atoms with Crippen LogP contribution in [0, 0.1) is 5.82 Å². The fourth-order valence-electron chi connectivity index (χ4n) is 2.19. The number of anilines is 1. The number of benzene rings is 1. The molecule has 21 heavy (non-hydrogen) atoms. The van der Waals surface area contributed by atoms with E-state index >= 15 is 0 Å². The van der Waals surface area contributed by atoms with Crippen LogP contribution in [-0.2, 0) is 13.0 Å². The minimum atomic E-state index is -0.473. The Morgan fingerprint density at radius 3 is 2.90 bits per heavy atom. The van der Waals surface area contributed by atoms with E-state index in [9.17, 15) is 4.39 Å². The quantitative estimate of drug-likeness (QED) is 0.798. The predicted octanol–water partition coefficient (Wildman–Crippen LogP) is 2.36. The van der Waals surface area contributed by atoms with Crippen LogP contribution in [-0.4, -0.2) is 21.6 Å². The smallest absolute Gasteiger partial charge is 0.214 e. The Balaban J connectivity index is 2.06. The second kappa shape index (κ2) is 5.08. The van der Waals surface area contributed by atoms with E-state index in [1.54, 1.807) is 16.8 Å². The number of fused-ring (bicyclic) bond motifs is 1. The first-order valence-corrected chi connectivity index (χ1v) is 6.55. The van der Waals surface area contributed by atoms with Gasteiger partial charge in [0.15, 0.2) is 11.6 Å². The highest BCUT2D eigenvalue weighted by molar-refractivity contribution is 5.80. The number of ether oxygens (including phenoxy) is 1. The highest BCUT2D eigenvalue weighted by Gasteiger charge is 2.15. The summed E-state index contributed by atoms with van der Waals surface area (Å²) < 4.78 is 26.0. The zero-order chi connectivity index (χ0) is 15.0. The van der Waals surface area contributed by atoms with Crippen molar-refractivity contribution in [2.45, 2.75) is 19.9 Å². The molecule has 0 aliphatic rings. The number of oxazole rings is 1. The van der Waals surface area contributed by atoms with Crippen LogP contribution < -0.4 is 10.5 Å². The summed E-state index contributed by atoms with van der Waals surface area (Å²) >= 11 is 0. The number of nitrogens with two attached hydrogens (primary N) is 1. The van der Waals surface area contributed by atoms with E-state index in [0.717, 1.165) is 12.2 Å².